The zero-order valence-electron chi connectivity index (χ0n) is 18.8. The second-order valence-corrected chi connectivity index (χ2v) is 11.2. The molecule has 1 fully saturated rings. The molecule has 2 aromatic heterocycles. The molecule has 0 atom stereocenters. The van der Waals surface area contributed by atoms with E-state index in [4.69, 9.17) is 9.15 Å². The van der Waals surface area contributed by atoms with Gasteiger partial charge in [-0.2, -0.15) is 4.31 Å². The molecule has 0 spiro atoms. The van der Waals surface area contributed by atoms with Crippen molar-refractivity contribution in [3.05, 3.63) is 71.8 Å². The Labute approximate surface area is 210 Å². The molecular formula is C25H27ClN2O4S2. The highest BCUT2D eigenvalue weighted by molar-refractivity contribution is 7.91. The first kappa shape index (κ1) is 24.8. The molecule has 3 heterocycles. The Morgan fingerprint density at radius 3 is 2.65 bits per heavy atom. The van der Waals surface area contributed by atoms with E-state index in [1.54, 1.807) is 28.9 Å². The Morgan fingerprint density at radius 1 is 1.00 bits per heavy atom. The zero-order chi connectivity index (χ0) is 22.8. The minimum atomic E-state index is -3.40. The lowest BCUT2D eigenvalue weighted by Crippen LogP contribution is -2.34. The van der Waals surface area contributed by atoms with Gasteiger partial charge in [-0.3, -0.25) is 4.90 Å². The van der Waals surface area contributed by atoms with Crippen LogP contribution in [-0.2, 0) is 16.6 Å². The predicted molar refractivity (Wildman–Crippen MR) is 138 cm³/mol. The highest BCUT2D eigenvalue weighted by atomic mass is 35.5. The summed E-state index contributed by atoms with van der Waals surface area (Å²) >= 11 is 1.27. The summed E-state index contributed by atoms with van der Waals surface area (Å²) in [4.78, 5) is 2.27. The standard InChI is InChI=1S/C25H26N2O4S2.ClH/c1-30-24-7-3-2-6-22(24)19-9-10-23-20(16-19)17-21(31-23)18-26-11-5-12-27(14-13-26)33(28,29)25-8-4-15-32-25;/h2-4,6-10,15-17H,5,11-14,18H2,1H3;1H. The van der Waals surface area contributed by atoms with Crippen LogP contribution < -0.4 is 4.74 Å². The van der Waals surface area contributed by atoms with Gasteiger partial charge in [-0.25, -0.2) is 8.42 Å². The Kier molecular flexibility index (Phi) is 7.64. The van der Waals surface area contributed by atoms with Gasteiger partial charge in [0.1, 0.15) is 21.3 Å². The summed E-state index contributed by atoms with van der Waals surface area (Å²) in [6.45, 7) is 3.19. The summed E-state index contributed by atoms with van der Waals surface area (Å²) in [5, 5.41) is 2.85. The van der Waals surface area contributed by atoms with Gasteiger partial charge in [-0.15, -0.1) is 23.7 Å². The fraction of sp³-hybridized carbons (Fsp3) is 0.280. The Morgan fingerprint density at radius 2 is 1.85 bits per heavy atom. The van der Waals surface area contributed by atoms with E-state index < -0.39 is 10.0 Å². The number of furan rings is 1. The number of thiophene rings is 1. The average molecular weight is 519 g/mol. The fourth-order valence-corrected chi connectivity index (χ4v) is 6.94. The number of nitrogens with zero attached hydrogens (tertiary/aromatic N) is 2. The van der Waals surface area contributed by atoms with Gasteiger partial charge in [0.2, 0.25) is 0 Å². The molecule has 0 bridgehead atoms. The Hall–Kier alpha value is -2.36. The smallest absolute Gasteiger partial charge is 0.252 e. The molecule has 34 heavy (non-hydrogen) atoms. The normalized spacial score (nSPS) is 15.7. The van der Waals surface area contributed by atoms with Crippen LogP contribution in [0.4, 0.5) is 0 Å². The summed E-state index contributed by atoms with van der Waals surface area (Å²) in [5.74, 6) is 1.73. The van der Waals surface area contributed by atoms with Crippen molar-refractivity contribution in [2.75, 3.05) is 33.3 Å². The van der Waals surface area contributed by atoms with Gasteiger partial charge < -0.3 is 9.15 Å². The van der Waals surface area contributed by atoms with Crippen LogP contribution in [0.5, 0.6) is 5.75 Å². The van der Waals surface area contributed by atoms with E-state index in [2.05, 4.69) is 17.0 Å². The highest BCUT2D eigenvalue weighted by Gasteiger charge is 2.27. The summed E-state index contributed by atoms with van der Waals surface area (Å²) in [6.07, 6.45) is 0.794. The number of halogens is 1. The van der Waals surface area contributed by atoms with Crippen LogP contribution in [0.1, 0.15) is 12.2 Å². The van der Waals surface area contributed by atoms with E-state index in [9.17, 15) is 8.42 Å². The fourth-order valence-electron chi connectivity index (χ4n) is 4.33. The van der Waals surface area contributed by atoms with Gasteiger partial charge in [0.05, 0.1) is 13.7 Å². The van der Waals surface area contributed by atoms with Gasteiger partial charge in [0, 0.05) is 30.6 Å². The Bertz CT molecular complexity index is 1350. The number of para-hydroxylation sites is 1. The summed E-state index contributed by atoms with van der Waals surface area (Å²) in [6, 6.07) is 19.7. The lowest BCUT2D eigenvalue weighted by Gasteiger charge is -2.20. The van der Waals surface area contributed by atoms with Crippen LogP contribution in [0.25, 0.3) is 22.1 Å². The van der Waals surface area contributed by atoms with E-state index in [0.29, 0.717) is 30.4 Å². The molecule has 0 aliphatic carbocycles. The van der Waals surface area contributed by atoms with Crippen molar-refractivity contribution >= 4 is 44.7 Å². The molecule has 0 radical (unpaired) electrons. The molecule has 0 unspecified atom stereocenters. The molecule has 1 aliphatic rings. The number of benzene rings is 2. The second-order valence-electron chi connectivity index (χ2n) is 8.13. The van der Waals surface area contributed by atoms with Crippen LogP contribution >= 0.6 is 23.7 Å². The van der Waals surface area contributed by atoms with Crippen LogP contribution in [-0.4, -0.2) is 50.9 Å². The van der Waals surface area contributed by atoms with Crippen LogP contribution in [0.15, 0.2) is 74.7 Å². The third-order valence-electron chi connectivity index (χ3n) is 6.00. The molecule has 5 rings (SSSR count). The van der Waals surface area contributed by atoms with Gasteiger partial charge >= 0.3 is 0 Å². The number of ether oxygens (including phenoxy) is 1. The molecule has 1 saturated heterocycles. The van der Waals surface area contributed by atoms with Crippen LogP contribution in [0.3, 0.4) is 0 Å². The van der Waals surface area contributed by atoms with Crippen molar-refractivity contribution < 1.29 is 17.6 Å². The quantitative estimate of drug-likeness (QED) is 0.338. The van der Waals surface area contributed by atoms with Crippen molar-refractivity contribution in [2.24, 2.45) is 0 Å². The van der Waals surface area contributed by atoms with E-state index in [1.165, 1.54) is 11.3 Å². The first-order valence-electron chi connectivity index (χ1n) is 11.0. The highest BCUT2D eigenvalue weighted by Crippen LogP contribution is 2.33. The van der Waals surface area contributed by atoms with E-state index in [-0.39, 0.29) is 12.4 Å². The van der Waals surface area contributed by atoms with E-state index in [0.717, 1.165) is 46.6 Å². The van der Waals surface area contributed by atoms with E-state index in [1.807, 2.05) is 36.4 Å². The van der Waals surface area contributed by atoms with Crippen molar-refractivity contribution in [1.82, 2.24) is 9.21 Å². The average Bonchev–Trinajstić information content (AvgIpc) is 3.45. The molecule has 0 amide bonds. The number of hydrogen-bond donors (Lipinski definition) is 0. The minimum absolute atomic E-state index is 0. The van der Waals surface area contributed by atoms with E-state index >= 15 is 0 Å². The zero-order valence-corrected chi connectivity index (χ0v) is 21.3. The first-order chi connectivity index (χ1) is 16.0. The lowest BCUT2D eigenvalue weighted by molar-refractivity contribution is 0.258. The number of rotatable bonds is 6. The maximum atomic E-state index is 12.9. The summed E-state index contributed by atoms with van der Waals surface area (Å²) in [7, 11) is -1.72. The summed E-state index contributed by atoms with van der Waals surface area (Å²) < 4.78 is 39.4. The molecule has 0 N–H and O–H groups in total. The second kappa shape index (κ2) is 10.5. The van der Waals surface area contributed by atoms with Gasteiger partial charge in [0.25, 0.3) is 10.0 Å². The molecule has 4 aromatic rings. The Balaban J connectivity index is 0.00000274. The SMILES string of the molecule is COc1ccccc1-c1ccc2oc(CN3CCCN(S(=O)(=O)c4cccs4)CC3)cc2c1.Cl. The predicted octanol–water partition coefficient (Wildman–Crippen LogP) is 5.49. The monoisotopic (exact) mass is 518 g/mol. The van der Waals surface area contributed by atoms with Crippen molar-refractivity contribution in [1.29, 1.82) is 0 Å². The van der Waals surface area contributed by atoms with Crippen molar-refractivity contribution in [3.63, 3.8) is 0 Å². The van der Waals surface area contributed by atoms with Crippen LogP contribution in [0.2, 0.25) is 0 Å². The van der Waals surface area contributed by atoms with Gasteiger partial charge in [0.15, 0.2) is 0 Å². The molecule has 0 saturated carbocycles. The summed E-state index contributed by atoms with van der Waals surface area (Å²) in [5.41, 5.74) is 2.97. The van der Waals surface area contributed by atoms with Gasteiger partial charge in [-0.05, 0) is 54.2 Å². The number of fused-ring (bicyclic) bond motifs is 1. The van der Waals surface area contributed by atoms with Crippen molar-refractivity contribution in [3.8, 4) is 16.9 Å². The lowest BCUT2D eigenvalue weighted by atomic mass is 10.0. The molecule has 180 valence electrons. The minimum Gasteiger partial charge on any atom is -0.496 e. The largest absolute Gasteiger partial charge is 0.496 e. The number of methoxy groups -OCH3 is 1. The molecule has 9 heteroatoms. The third-order valence-corrected chi connectivity index (χ3v) is 9.27. The molecule has 6 nitrogen and oxygen atoms in total. The maximum absolute atomic E-state index is 12.9. The van der Waals surface area contributed by atoms with Gasteiger partial charge in [-0.1, -0.05) is 30.3 Å². The third kappa shape index (κ3) is 5.01. The first-order valence-corrected chi connectivity index (χ1v) is 13.3. The maximum Gasteiger partial charge on any atom is 0.252 e. The molecule has 1 aliphatic heterocycles. The number of sulfonamides is 1. The number of hydrogen-bond acceptors (Lipinski definition) is 6. The van der Waals surface area contributed by atoms with Crippen molar-refractivity contribution in [2.45, 2.75) is 17.2 Å². The molecule has 2 aromatic carbocycles. The molecular weight excluding hydrogens is 492 g/mol. The van der Waals surface area contributed by atoms with Crippen LogP contribution in [0, 0.1) is 0 Å². The topological polar surface area (TPSA) is 63.0 Å².